The standard InChI is InChI=1S/C16H16N4O/c1-10(11-5-3-2-4-6-11)18-16-19-14-8-7-12(17)9-13(14)15(21)20-16/h2-10H,17H2,1H3,(H2,18,19,20,21). The van der Waals surface area contributed by atoms with Crippen molar-refractivity contribution in [3.63, 3.8) is 0 Å². The van der Waals surface area contributed by atoms with Crippen molar-refractivity contribution < 1.29 is 0 Å². The lowest BCUT2D eigenvalue weighted by atomic mass is 10.1. The molecule has 0 fully saturated rings. The van der Waals surface area contributed by atoms with Crippen LogP contribution in [0.2, 0.25) is 0 Å². The van der Waals surface area contributed by atoms with E-state index in [1.165, 1.54) is 0 Å². The minimum absolute atomic E-state index is 0.0422. The first-order chi connectivity index (χ1) is 10.1. The summed E-state index contributed by atoms with van der Waals surface area (Å²) in [4.78, 5) is 19.2. The Balaban J connectivity index is 1.95. The number of aromatic nitrogens is 2. The molecule has 5 nitrogen and oxygen atoms in total. The maximum atomic E-state index is 12.1. The molecule has 0 saturated heterocycles. The molecule has 0 saturated carbocycles. The van der Waals surface area contributed by atoms with Gasteiger partial charge in [0.15, 0.2) is 0 Å². The molecular weight excluding hydrogens is 264 g/mol. The molecule has 4 N–H and O–H groups in total. The van der Waals surface area contributed by atoms with Crippen LogP contribution in [-0.4, -0.2) is 9.97 Å². The fraction of sp³-hybridized carbons (Fsp3) is 0.125. The van der Waals surface area contributed by atoms with E-state index >= 15 is 0 Å². The Labute approximate surface area is 121 Å². The maximum absolute atomic E-state index is 12.1. The number of hydrogen-bond acceptors (Lipinski definition) is 4. The van der Waals surface area contributed by atoms with Crippen LogP contribution in [0.25, 0.3) is 10.9 Å². The fourth-order valence-corrected chi connectivity index (χ4v) is 2.25. The van der Waals surface area contributed by atoms with Crippen molar-refractivity contribution in [2.24, 2.45) is 0 Å². The highest BCUT2D eigenvalue weighted by Gasteiger charge is 2.08. The van der Waals surface area contributed by atoms with Crippen molar-refractivity contribution in [3.8, 4) is 0 Å². The maximum Gasteiger partial charge on any atom is 0.260 e. The Morgan fingerprint density at radius 1 is 1.19 bits per heavy atom. The van der Waals surface area contributed by atoms with E-state index in [9.17, 15) is 4.79 Å². The molecule has 21 heavy (non-hydrogen) atoms. The van der Waals surface area contributed by atoms with E-state index in [2.05, 4.69) is 15.3 Å². The minimum Gasteiger partial charge on any atom is -0.399 e. The number of hydrogen-bond donors (Lipinski definition) is 3. The van der Waals surface area contributed by atoms with E-state index in [-0.39, 0.29) is 11.6 Å². The number of nitrogen functional groups attached to an aromatic ring is 1. The van der Waals surface area contributed by atoms with Crippen molar-refractivity contribution in [1.82, 2.24) is 9.97 Å². The lowest BCUT2D eigenvalue weighted by molar-refractivity contribution is 0.861. The van der Waals surface area contributed by atoms with Crippen molar-refractivity contribution >= 4 is 22.5 Å². The Morgan fingerprint density at radius 3 is 2.71 bits per heavy atom. The molecular formula is C16H16N4O. The summed E-state index contributed by atoms with van der Waals surface area (Å²) in [5, 5.41) is 3.70. The lowest BCUT2D eigenvalue weighted by Gasteiger charge is -2.14. The summed E-state index contributed by atoms with van der Waals surface area (Å²) in [5.41, 5.74) is 7.79. The van der Waals surface area contributed by atoms with Crippen LogP contribution in [0.4, 0.5) is 11.6 Å². The molecule has 0 spiro atoms. The van der Waals surface area contributed by atoms with Gasteiger partial charge in [-0.1, -0.05) is 30.3 Å². The van der Waals surface area contributed by atoms with Gasteiger partial charge in [-0.05, 0) is 30.7 Å². The largest absolute Gasteiger partial charge is 0.399 e. The van der Waals surface area contributed by atoms with Gasteiger partial charge in [0.05, 0.1) is 16.9 Å². The van der Waals surface area contributed by atoms with E-state index in [1.807, 2.05) is 37.3 Å². The second-order valence-electron chi connectivity index (χ2n) is 4.97. The molecule has 0 aliphatic carbocycles. The molecule has 0 aliphatic rings. The molecule has 1 unspecified atom stereocenters. The number of nitrogens with two attached hydrogens (primary N) is 1. The first kappa shape index (κ1) is 13.2. The molecule has 1 heterocycles. The summed E-state index contributed by atoms with van der Waals surface area (Å²) >= 11 is 0. The van der Waals surface area contributed by atoms with E-state index in [0.29, 0.717) is 22.5 Å². The number of H-pyrrole nitrogens is 1. The number of anilines is 2. The van der Waals surface area contributed by atoms with E-state index in [0.717, 1.165) is 5.56 Å². The smallest absolute Gasteiger partial charge is 0.260 e. The Kier molecular flexibility index (Phi) is 3.31. The summed E-state index contributed by atoms with van der Waals surface area (Å²) < 4.78 is 0. The molecule has 0 bridgehead atoms. The number of rotatable bonds is 3. The van der Waals surface area contributed by atoms with Crippen LogP contribution in [0, 0.1) is 0 Å². The topological polar surface area (TPSA) is 83.8 Å². The monoisotopic (exact) mass is 280 g/mol. The fourth-order valence-electron chi connectivity index (χ4n) is 2.25. The summed E-state index contributed by atoms with van der Waals surface area (Å²) in [7, 11) is 0. The zero-order valence-electron chi connectivity index (χ0n) is 11.6. The molecule has 3 rings (SSSR count). The van der Waals surface area contributed by atoms with Gasteiger partial charge in [0.1, 0.15) is 0 Å². The van der Waals surface area contributed by atoms with Gasteiger partial charge in [-0.2, -0.15) is 0 Å². The van der Waals surface area contributed by atoms with E-state index in [1.54, 1.807) is 18.2 Å². The van der Waals surface area contributed by atoms with Crippen molar-refractivity contribution in [3.05, 3.63) is 64.4 Å². The average Bonchev–Trinajstić information content (AvgIpc) is 2.49. The van der Waals surface area contributed by atoms with Crippen molar-refractivity contribution in [1.29, 1.82) is 0 Å². The van der Waals surface area contributed by atoms with Gasteiger partial charge in [-0.25, -0.2) is 4.98 Å². The molecule has 0 aliphatic heterocycles. The molecule has 0 radical (unpaired) electrons. The molecule has 3 aromatic rings. The van der Waals surface area contributed by atoms with Crippen LogP contribution in [0.5, 0.6) is 0 Å². The molecule has 5 heteroatoms. The molecule has 2 aromatic carbocycles. The number of nitrogens with one attached hydrogen (secondary N) is 2. The molecule has 0 amide bonds. The zero-order chi connectivity index (χ0) is 14.8. The van der Waals surface area contributed by atoms with Gasteiger partial charge in [0.2, 0.25) is 5.95 Å². The molecule has 1 atom stereocenters. The van der Waals surface area contributed by atoms with E-state index in [4.69, 9.17) is 5.73 Å². The number of benzene rings is 2. The van der Waals surface area contributed by atoms with Crippen molar-refractivity contribution in [2.75, 3.05) is 11.1 Å². The van der Waals surface area contributed by atoms with E-state index < -0.39 is 0 Å². The third-order valence-corrected chi connectivity index (χ3v) is 3.38. The van der Waals surface area contributed by atoms with Gasteiger partial charge in [0, 0.05) is 5.69 Å². The van der Waals surface area contributed by atoms with Gasteiger partial charge < -0.3 is 11.1 Å². The van der Waals surface area contributed by atoms with Gasteiger partial charge >= 0.3 is 0 Å². The minimum atomic E-state index is -0.199. The Bertz CT molecular complexity index is 827. The Hall–Kier alpha value is -2.82. The quantitative estimate of drug-likeness (QED) is 0.644. The molecule has 106 valence electrons. The highest BCUT2D eigenvalue weighted by Crippen LogP contribution is 2.17. The highest BCUT2D eigenvalue weighted by molar-refractivity contribution is 5.81. The van der Waals surface area contributed by atoms with Crippen LogP contribution in [-0.2, 0) is 0 Å². The highest BCUT2D eigenvalue weighted by atomic mass is 16.1. The van der Waals surface area contributed by atoms with Crippen LogP contribution in [0.15, 0.2) is 53.3 Å². The predicted molar refractivity (Wildman–Crippen MR) is 85.3 cm³/mol. The second kappa shape index (κ2) is 5.28. The van der Waals surface area contributed by atoms with Gasteiger partial charge in [-0.15, -0.1) is 0 Å². The third-order valence-electron chi connectivity index (χ3n) is 3.38. The van der Waals surface area contributed by atoms with Crippen LogP contribution in [0.1, 0.15) is 18.5 Å². The third kappa shape index (κ3) is 2.72. The Morgan fingerprint density at radius 2 is 1.95 bits per heavy atom. The SMILES string of the molecule is CC(Nc1nc2ccc(N)cc2c(=O)[nH]1)c1ccccc1. The number of fused-ring (bicyclic) bond motifs is 1. The van der Waals surface area contributed by atoms with Crippen LogP contribution < -0.4 is 16.6 Å². The lowest BCUT2D eigenvalue weighted by Crippen LogP contribution is -2.15. The second-order valence-corrected chi connectivity index (χ2v) is 4.97. The summed E-state index contributed by atoms with van der Waals surface area (Å²) in [6.07, 6.45) is 0. The summed E-state index contributed by atoms with van der Waals surface area (Å²) in [6, 6.07) is 15.1. The van der Waals surface area contributed by atoms with Crippen molar-refractivity contribution in [2.45, 2.75) is 13.0 Å². The predicted octanol–water partition coefficient (Wildman–Crippen LogP) is 2.68. The first-order valence-electron chi connectivity index (χ1n) is 6.74. The molecule has 1 aromatic heterocycles. The summed E-state index contributed by atoms with van der Waals surface area (Å²) in [6.45, 7) is 2.02. The first-order valence-corrected chi connectivity index (χ1v) is 6.74. The zero-order valence-corrected chi connectivity index (χ0v) is 11.6. The normalized spacial score (nSPS) is 12.2. The number of aromatic amines is 1. The van der Waals surface area contributed by atoms with Crippen LogP contribution in [0.3, 0.4) is 0 Å². The van der Waals surface area contributed by atoms with Gasteiger partial charge in [0.25, 0.3) is 5.56 Å². The average molecular weight is 280 g/mol. The summed E-state index contributed by atoms with van der Waals surface area (Å²) in [5.74, 6) is 0.452. The number of nitrogens with zero attached hydrogens (tertiary/aromatic N) is 1. The van der Waals surface area contributed by atoms with Crippen LogP contribution >= 0.6 is 0 Å². The van der Waals surface area contributed by atoms with Gasteiger partial charge in [-0.3, -0.25) is 9.78 Å².